The fourth-order valence-electron chi connectivity index (χ4n) is 3.31. The highest BCUT2D eigenvalue weighted by Gasteiger charge is 2.34. The predicted molar refractivity (Wildman–Crippen MR) is 131 cm³/mol. The number of methoxy groups -OCH3 is 1. The Morgan fingerprint density at radius 3 is 1.94 bits per heavy atom. The van der Waals surface area contributed by atoms with Crippen LogP contribution in [0.4, 0.5) is 27.5 Å². The molecular formula is C24H33N3O4S. The van der Waals surface area contributed by atoms with Gasteiger partial charge < -0.3 is 24.0 Å². The van der Waals surface area contributed by atoms with Gasteiger partial charge in [0.05, 0.1) is 31.2 Å². The zero-order valence-electron chi connectivity index (χ0n) is 20.0. The van der Waals surface area contributed by atoms with E-state index in [0.717, 1.165) is 32.5 Å². The monoisotopic (exact) mass is 459 g/mol. The van der Waals surface area contributed by atoms with Crippen LogP contribution in [-0.2, 0) is 14.2 Å². The molecule has 0 saturated carbocycles. The van der Waals surface area contributed by atoms with Crippen LogP contribution in [0.3, 0.4) is 0 Å². The van der Waals surface area contributed by atoms with Crippen LogP contribution in [0.15, 0.2) is 46.2 Å². The molecule has 8 heteroatoms. The highest BCUT2D eigenvalue weighted by Crippen LogP contribution is 2.50. The van der Waals surface area contributed by atoms with Crippen molar-refractivity contribution in [2.24, 2.45) is 0 Å². The summed E-state index contributed by atoms with van der Waals surface area (Å²) in [5.74, 6) is 0. The van der Waals surface area contributed by atoms with E-state index in [1.807, 2.05) is 66.3 Å². The van der Waals surface area contributed by atoms with Gasteiger partial charge in [0.2, 0.25) is 0 Å². The van der Waals surface area contributed by atoms with Crippen LogP contribution in [-0.4, -0.2) is 66.8 Å². The number of amides is 1. The van der Waals surface area contributed by atoms with Crippen molar-refractivity contribution in [3.8, 4) is 0 Å². The van der Waals surface area contributed by atoms with E-state index in [2.05, 4.69) is 21.9 Å². The Hall–Kier alpha value is -2.42. The number of ether oxygens (including phenoxy) is 3. The molecule has 0 aromatic heterocycles. The van der Waals surface area contributed by atoms with E-state index in [-0.39, 0.29) is 6.61 Å². The fourth-order valence-corrected chi connectivity index (χ4v) is 4.44. The van der Waals surface area contributed by atoms with Crippen molar-refractivity contribution in [2.75, 3.05) is 69.8 Å². The second-order valence-electron chi connectivity index (χ2n) is 8.70. The van der Waals surface area contributed by atoms with Crippen LogP contribution < -0.4 is 14.7 Å². The number of carbonyl (C=O) groups is 1. The Labute approximate surface area is 195 Å². The number of anilines is 4. The number of carbonyl (C=O) groups excluding carboxylic acids is 1. The zero-order chi connectivity index (χ0) is 23.5. The first-order valence-electron chi connectivity index (χ1n) is 10.5. The Bertz CT molecular complexity index is 905. The Balaban J connectivity index is 1.94. The molecule has 0 fully saturated rings. The van der Waals surface area contributed by atoms with Gasteiger partial charge in [0, 0.05) is 56.5 Å². The summed E-state index contributed by atoms with van der Waals surface area (Å²) in [7, 11) is 9.65. The molecule has 0 spiro atoms. The van der Waals surface area contributed by atoms with E-state index in [1.165, 1.54) is 0 Å². The normalized spacial score (nSPS) is 12.8. The van der Waals surface area contributed by atoms with Gasteiger partial charge in [0.1, 0.15) is 5.60 Å². The van der Waals surface area contributed by atoms with Crippen molar-refractivity contribution in [2.45, 2.75) is 29.2 Å². The third kappa shape index (κ3) is 5.49. The van der Waals surface area contributed by atoms with Crippen molar-refractivity contribution >= 4 is 40.6 Å². The molecular weight excluding hydrogens is 426 g/mol. The Morgan fingerprint density at radius 2 is 1.47 bits per heavy atom. The molecule has 7 nitrogen and oxygen atoms in total. The summed E-state index contributed by atoms with van der Waals surface area (Å²) in [6.07, 6.45) is -0.427. The molecule has 0 radical (unpaired) electrons. The second-order valence-corrected chi connectivity index (χ2v) is 9.79. The highest BCUT2D eigenvalue weighted by molar-refractivity contribution is 7.99. The van der Waals surface area contributed by atoms with Crippen molar-refractivity contribution in [3.05, 3.63) is 36.4 Å². The average Bonchev–Trinajstić information content (AvgIpc) is 2.73. The maximum absolute atomic E-state index is 13.5. The van der Waals surface area contributed by atoms with Crippen LogP contribution >= 0.6 is 11.8 Å². The van der Waals surface area contributed by atoms with E-state index in [1.54, 1.807) is 23.8 Å². The van der Waals surface area contributed by atoms with Gasteiger partial charge in [-0.15, -0.1) is 0 Å². The van der Waals surface area contributed by atoms with Gasteiger partial charge in [-0.25, -0.2) is 9.69 Å². The van der Waals surface area contributed by atoms with Crippen molar-refractivity contribution in [1.29, 1.82) is 0 Å². The Morgan fingerprint density at radius 1 is 0.938 bits per heavy atom. The molecule has 0 aliphatic carbocycles. The summed E-state index contributed by atoms with van der Waals surface area (Å²) in [4.78, 5) is 21.2. The summed E-state index contributed by atoms with van der Waals surface area (Å²) in [6, 6.07) is 12.2. The second kappa shape index (κ2) is 10.0. The number of hydrogen-bond donors (Lipinski definition) is 0. The van der Waals surface area contributed by atoms with Crippen molar-refractivity contribution < 1.29 is 19.0 Å². The van der Waals surface area contributed by atoms with Crippen LogP contribution in [0.25, 0.3) is 0 Å². The highest BCUT2D eigenvalue weighted by atomic mass is 32.2. The maximum atomic E-state index is 13.5. The van der Waals surface area contributed by atoms with Gasteiger partial charge >= 0.3 is 6.09 Å². The largest absolute Gasteiger partial charge is 0.440 e. The summed E-state index contributed by atoms with van der Waals surface area (Å²) in [5, 5.41) is 0. The minimum Gasteiger partial charge on any atom is -0.440 e. The first-order chi connectivity index (χ1) is 15.1. The zero-order valence-corrected chi connectivity index (χ0v) is 20.8. The van der Waals surface area contributed by atoms with Gasteiger partial charge in [0.25, 0.3) is 0 Å². The van der Waals surface area contributed by atoms with E-state index < -0.39 is 11.7 Å². The van der Waals surface area contributed by atoms with Crippen LogP contribution in [0, 0.1) is 0 Å². The van der Waals surface area contributed by atoms with Gasteiger partial charge in [-0.05, 0) is 50.2 Å². The molecule has 1 amide bonds. The van der Waals surface area contributed by atoms with Crippen molar-refractivity contribution in [3.63, 3.8) is 0 Å². The minimum absolute atomic E-state index is 0.281. The molecule has 1 heterocycles. The summed E-state index contributed by atoms with van der Waals surface area (Å²) in [5.41, 5.74) is 2.98. The molecule has 2 aromatic rings. The lowest BCUT2D eigenvalue weighted by Crippen LogP contribution is -2.39. The molecule has 0 atom stereocenters. The molecule has 174 valence electrons. The standard InChI is InChI=1S/C24H33N3O4S/c1-24(2,16-30-13-12-29-7)31-23(28)27-19-10-8-17(25(3)4)14-21(19)32-22-15-18(26(5)6)9-11-20(22)27/h8-11,14-15H,12-13,16H2,1-7H3. The third-order valence-corrected chi connectivity index (χ3v) is 6.14. The molecule has 0 saturated heterocycles. The molecule has 1 aliphatic rings. The molecule has 0 N–H and O–H groups in total. The lowest BCUT2D eigenvalue weighted by atomic mass is 10.1. The molecule has 0 unspecified atom stereocenters. The summed E-state index contributed by atoms with van der Waals surface area (Å²) >= 11 is 1.66. The van der Waals surface area contributed by atoms with E-state index in [0.29, 0.717) is 13.2 Å². The average molecular weight is 460 g/mol. The van der Waals surface area contributed by atoms with E-state index in [9.17, 15) is 4.79 Å². The fraction of sp³-hybridized carbons (Fsp3) is 0.458. The predicted octanol–water partition coefficient (Wildman–Crippen LogP) is 5.00. The number of nitrogens with zero attached hydrogens (tertiary/aromatic N) is 3. The molecule has 32 heavy (non-hydrogen) atoms. The van der Waals surface area contributed by atoms with Gasteiger partial charge in [-0.2, -0.15) is 0 Å². The summed E-state index contributed by atoms with van der Waals surface area (Å²) in [6.45, 7) is 4.93. The van der Waals surface area contributed by atoms with E-state index >= 15 is 0 Å². The first kappa shape index (κ1) is 24.2. The summed E-state index contributed by atoms with van der Waals surface area (Å²) < 4.78 is 16.5. The molecule has 1 aliphatic heterocycles. The quantitative estimate of drug-likeness (QED) is 0.515. The topological polar surface area (TPSA) is 54.5 Å². The number of fused-ring (bicyclic) bond motifs is 2. The molecule has 2 aromatic carbocycles. The van der Waals surface area contributed by atoms with Crippen LogP contribution in [0.1, 0.15) is 13.8 Å². The third-order valence-electron chi connectivity index (χ3n) is 5.05. The van der Waals surface area contributed by atoms with Gasteiger partial charge in [-0.3, -0.25) is 0 Å². The van der Waals surface area contributed by atoms with Crippen molar-refractivity contribution in [1.82, 2.24) is 0 Å². The smallest absolute Gasteiger partial charge is 0.419 e. The first-order valence-corrected chi connectivity index (χ1v) is 11.3. The number of benzene rings is 2. The maximum Gasteiger partial charge on any atom is 0.419 e. The molecule has 3 rings (SSSR count). The minimum atomic E-state index is -0.789. The number of hydrogen-bond acceptors (Lipinski definition) is 7. The number of rotatable bonds is 8. The lowest BCUT2D eigenvalue weighted by molar-refractivity contribution is -0.0396. The van der Waals surface area contributed by atoms with Gasteiger partial charge in [0.15, 0.2) is 0 Å². The van der Waals surface area contributed by atoms with Crippen LogP contribution in [0.5, 0.6) is 0 Å². The lowest BCUT2D eigenvalue weighted by Gasteiger charge is -2.34. The van der Waals surface area contributed by atoms with Gasteiger partial charge in [-0.1, -0.05) is 11.8 Å². The van der Waals surface area contributed by atoms with E-state index in [4.69, 9.17) is 14.2 Å². The SMILES string of the molecule is COCCOCC(C)(C)OC(=O)N1c2ccc(N(C)C)cc2Sc2cc(N(C)C)ccc21. The van der Waals surface area contributed by atoms with Crippen LogP contribution in [0.2, 0.25) is 0 Å². The molecule has 0 bridgehead atoms. The Kier molecular flexibility index (Phi) is 7.59.